The van der Waals surface area contributed by atoms with Gasteiger partial charge in [0.15, 0.2) is 0 Å². The van der Waals surface area contributed by atoms with Crippen LogP contribution < -0.4 is 11.0 Å². The third-order valence-corrected chi connectivity index (χ3v) is 6.17. The Morgan fingerprint density at radius 1 is 1.39 bits per heavy atom. The van der Waals surface area contributed by atoms with E-state index in [0.29, 0.717) is 39.0 Å². The number of nitrogens with zero attached hydrogens (tertiary/aromatic N) is 6. The summed E-state index contributed by atoms with van der Waals surface area (Å²) >= 11 is 1.57. The first-order chi connectivity index (χ1) is 15.0. The topological polar surface area (TPSA) is 97.9 Å². The minimum atomic E-state index is -0.108. The number of carbonyl (C=O) groups is 1. The summed E-state index contributed by atoms with van der Waals surface area (Å²) in [7, 11) is 1.92. The van der Waals surface area contributed by atoms with Gasteiger partial charge in [0.2, 0.25) is 5.91 Å². The summed E-state index contributed by atoms with van der Waals surface area (Å²) in [6.07, 6.45) is 5.69. The van der Waals surface area contributed by atoms with Gasteiger partial charge in [0, 0.05) is 43.3 Å². The van der Waals surface area contributed by atoms with Gasteiger partial charge in [0.1, 0.15) is 5.82 Å². The summed E-state index contributed by atoms with van der Waals surface area (Å²) in [6.45, 7) is 3.88. The van der Waals surface area contributed by atoms with Crippen LogP contribution in [0.15, 0.2) is 34.7 Å². The van der Waals surface area contributed by atoms with Crippen molar-refractivity contribution in [3.8, 4) is 0 Å². The molecule has 9 nitrogen and oxygen atoms in total. The third kappa shape index (κ3) is 5.45. The lowest BCUT2D eigenvalue weighted by Gasteiger charge is -2.20. The van der Waals surface area contributed by atoms with E-state index < -0.39 is 0 Å². The molecule has 164 valence electrons. The van der Waals surface area contributed by atoms with Gasteiger partial charge >= 0.3 is 5.69 Å². The number of amides is 1. The number of hydrogen-bond donors (Lipinski definition) is 1. The summed E-state index contributed by atoms with van der Waals surface area (Å²) in [5, 5.41) is 10.6. The van der Waals surface area contributed by atoms with Crippen LogP contribution in [0.3, 0.4) is 0 Å². The smallest absolute Gasteiger partial charge is 0.346 e. The predicted octanol–water partition coefficient (Wildman–Crippen LogP) is 1.21. The van der Waals surface area contributed by atoms with Gasteiger partial charge in [-0.2, -0.15) is 5.10 Å². The molecule has 3 aromatic heterocycles. The molecule has 4 heterocycles. The molecule has 1 aliphatic rings. The van der Waals surface area contributed by atoms with E-state index in [9.17, 15) is 9.59 Å². The highest BCUT2D eigenvalue weighted by Crippen LogP contribution is 2.13. The molecule has 1 aliphatic heterocycles. The fourth-order valence-corrected chi connectivity index (χ4v) is 4.49. The molecule has 0 aromatic carbocycles. The second kappa shape index (κ2) is 9.52. The fourth-order valence-electron chi connectivity index (χ4n) is 3.89. The molecular formula is C21H27N7O2S. The minimum Gasteiger partial charge on any atom is -0.352 e. The average molecular weight is 442 g/mol. The molecule has 4 rings (SSSR count). The van der Waals surface area contributed by atoms with Crippen molar-refractivity contribution in [2.75, 3.05) is 13.6 Å². The molecule has 0 radical (unpaired) electrons. The first-order valence-electron chi connectivity index (χ1n) is 10.4. The maximum atomic E-state index is 12.8. The van der Waals surface area contributed by atoms with E-state index in [1.807, 2.05) is 42.6 Å². The highest BCUT2D eigenvalue weighted by atomic mass is 32.1. The standard InChI is InChI=1S/C21H27N7O2S/c1-15-23-18(14-31-15)12-28-21(30)27-9-7-17(5-6-19(27)25-28)24-20(29)13-26(2)11-16-4-3-8-22-10-16/h3-4,8,10,14,17H,5-7,9,11-13H2,1-2H3,(H,24,29). The van der Waals surface area contributed by atoms with Crippen molar-refractivity contribution < 1.29 is 4.79 Å². The fraction of sp³-hybridized carbons (Fsp3) is 0.476. The van der Waals surface area contributed by atoms with Gasteiger partial charge in [-0.05, 0) is 38.4 Å². The maximum Gasteiger partial charge on any atom is 0.346 e. The SMILES string of the molecule is Cc1nc(Cn2nc3n(c2=O)CCC(NC(=O)CN(C)Cc2cccnc2)CC3)cs1. The Labute approximate surface area is 184 Å². The number of hydrogen-bond acceptors (Lipinski definition) is 7. The molecule has 0 spiro atoms. The van der Waals surface area contributed by atoms with Crippen LogP contribution >= 0.6 is 11.3 Å². The van der Waals surface area contributed by atoms with Crippen LogP contribution in [0.25, 0.3) is 0 Å². The van der Waals surface area contributed by atoms with Crippen molar-refractivity contribution in [1.29, 1.82) is 0 Å². The van der Waals surface area contributed by atoms with E-state index in [-0.39, 0.29) is 17.6 Å². The van der Waals surface area contributed by atoms with Crippen LogP contribution in [0.2, 0.25) is 0 Å². The summed E-state index contributed by atoms with van der Waals surface area (Å²) in [5.41, 5.74) is 1.82. The minimum absolute atomic E-state index is 0.00718. The van der Waals surface area contributed by atoms with Gasteiger partial charge in [-0.25, -0.2) is 14.5 Å². The number of nitrogens with one attached hydrogen (secondary N) is 1. The maximum absolute atomic E-state index is 12.8. The number of likely N-dealkylation sites (N-methyl/N-ethyl adjacent to an activating group) is 1. The van der Waals surface area contributed by atoms with Crippen LogP contribution in [-0.2, 0) is 30.8 Å². The highest BCUT2D eigenvalue weighted by Gasteiger charge is 2.22. The van der Waals surface area contributed by atoms with E-state index in [2.05, 4.69) is 20.4 Å². The average Bonchev–Trinajstić information content (AvgIpc) is 3.20. The summed E-state index contributed by atoms with van der Waals surface area (Å²) in [4.78, 5) is 35.8. The van der Waals surface area contributed by atoms with Gasteiger partial charge in [-0.3, -0.25) is 19.2 Å². The number of rotatable bonds is 7. The first kappa shape index (κ1) is 21.4. The molecule has 1 unspecified atom stereocenters. The number of thiazole rings is 1. The Balaban J connectivity index is 1.30. The van der Waals surface area contributed by atoms with Crippen LogP contribution in [0, 0.1) is 6.92 Å². The van der Waals surface area contributed by atoms with Crippen LogP contribution in [0.1, 0.15) is 34.9 Å². The summed E-state index contributed by atoms with van der Waals surface area (Å²) < 4.78 is 3.23. The molecule has 0 fully saturated rings. The normalized spacial score (nSPS) is 16.2. The number of aryl methyl sites for hydroxylation is 2. The van der Waals surface area contributed by atoms with Crippen molar-refractivity contribution >= 4 is 17.2 Å². The van der Waals surface area contributed by atoms with Crippen LogP contribution in [0.4, 0.5) is 0 Å². The Morgan fingerprint density at radius 3 is 3.00 bits per heavy atom. The monoisotopic (exact) mass is 441 g/mol. The summed E-state index contributed by atoms with van der Waals surface area (Å²) in [5.74, 6) is 0.773. The summed E-state index contributed by atoms with van der Waals surface area (Å²) in [6, 6.07) is 3.93. The lowest BCUT2D eigenvalue weighted by atomic mass is 10.1. The van der Waals surface area contributed by atoms with Gasteiger partial charge in [-0.15, -0.1) is 11.3 Å². The van der Waals surface area contributed by atoms with Gasteiger partial charge in [0.25, 0.3) is 0 Å². The molecule has 0 saturated heterocycles. The molecule has 0 bridgehead atoms. The molecule has 0 aliphatic carbocycles. The molecule has 1 atom stereocenters. The van der Waals surface area contributed by atoms with Crippen molar-refractivity contribution in [2.45, 2.75) is 51.9 Å². The number of aromatic nitrogens is 5. The number of carbonyl (C=O) groups excluding carboxylic acids is 1. The zero-order chi connectivity index (χ0) is 21.8. The van der Waals surface area contributed by atoms with E-state index >= 15 is 0 Å². The predicted molar refractivity (Wildman–Crippen MR) is 118 cm³/mol. The largest absolute Gasteiger partial charge is 0.352 e. The van der Waals surface area contributed by atoms with E-state index in [1.165, 1.54) is 4.68 Å². The van der Waals surface area contributed by atoms with Gasteiger partial charge in [0.05, 0.1) is 23.8 Å². The van der Waals surface area contributed by atoms with Crippen molar-refractivity contribution in [1.82, 2.24) is 34.5 Å². The second-order valence-corrected chi connectivity index (χ2v) is 9.05. The molecule has 0 saturated carbocycles. The lowest BCUT2D eigenvalue weighted by Crippen LogP contribution is -2.41. The van der Waals surface area contributed by atoms with Crippen LogP contribution in [-0.4, -0.2) is 54.8 Å². The molecular weight excluding hydrogens is 414 g/mol. The molecule has 3 aromatic rings. The Bertz CT molecular complexity index is 1090. The highest BCUT2D eigenvalue weighted by molar-refractivity contribution is 7.09. The van der Waals surface area contributed by atoms with E-state index in [0.717, 1.165) is 28.5 Å². The quantitative estimate of drug-likeness (QED) is 0.592. The van der Waals surface area contributed by atoms with Crippen molar-refractivity contribution in [3.05, 3.63) is 62.5 Å². The van der Waals surface area contributed by atoms with Gasteiger partial charge < -0.3 is 5.32 Å². The molecule has 10 heteroatoms. The van der Waals surface area contributed by atoms with Gasteiger partial charge in [-0.1, -0.05) is 6.07 Å². The second-order valence-electron chi connectivity index (χ2n) is 7.99. The van der Waals surface area contributed by atoms with Crippen LogP contribution in [0.5, 0.6) is 0 Å². The Kier molecular flexibility index (Phi) is 6.57. The third-order valence-electron chi connectivity index (χ3n) is 5.35. The number of pyridine rings is 1. The molecule has 1 amide bonds. The van der Waals surface area contributed by atoms with Crippen molar-refractivity contribution in [3.63, 3.8) is 0 Å². The Hall–Kier alpha value is -2.85. The zero-order valence-corrected chi connectivity index (χ0v) is 18.6. The van der Waals surface area contributed by atoms with Crippen molar-refractivity contribution in [2.24, 2.45) is 0 Å². The lowest BCUT2D eigenvalue weighted by molar-refractivity contribution is -0.122. The first-order valence-corrected chi connectivity index (χ1v) is 11.3. The van der Waals surface area contributed by atoms with E-state index in [1.54, 1.807) is 22.1 Å². The molecule has 1 N–H and O–H groups in total. The van der Waals surface area contributed by atoms with E-state index in [4.69, 9.17) is 0 Å². The zero-order valence-electron chi connectivity index (χ0n) is 17.8. The number of fused-ring (bicyclic) bond motifs is 1. The molecule has 31 heavy (non-hydrogen) atoms. The Morgan fingerprint density at radius 2 is 2.26 bits per heavy atom.